The summed E-state index contributed by atoms with van der Waals surface area (Å²) in [4.78, 5) is 0. The SMILES string of the molecule is CSCCn1cc2c(c1)C(N)CCC2. The molecule has 1 aromatic heterocycles. The molecular weight excluding hydrogens is 192 g/mol. The van der Waals surface area contributed by atoms with Crippen molar-refractivity contribution in [3.63, 3.8) is 0 Å². The highest BCUT2D eigenvalue weighted by Crippen LogP contribution is 2.28. The molecule has 0 spiro atoms. The second-order valence-corrected chi connectivity index (χ2v) is 4.95. The lowest BCUT2D eigenvalue weighted by Gasteiger charge is -2.17. The lowest BCUT2D eigenvalue weighted by atomic mass is 9.92. The highest BCUT2D eigenvalue weighted by atomic mass is 32.2. The summed E-state index contributed by atoms with van der Waals surface area (Å²) in [6.45, 7) is 1.11. The van der Waals surface area contributed by atoms with Gasteiger partial charge in [-0.1, -0.05) is 0 Å². The van der Waals surface area contributed by atoms with Crippen molar-refractivity contribution >= 4 is 11.8 Å². The number of hydrogen-bond donors (Lipinski definition) is 1. The van der Waals surface area contributed by atoms with Gasteiger partial charge in [0, 0.05) is 30.7 Å². The molecule has 0 aromatic carbocycles. The van der Waals surface area contributed by atoms with E-state index in [1.54, 1.807) is 0 Å². The number of nitrogens with two attached hydrogens (primary N) is 1. The van der Waals surface area contributed by atoms with Crippen LogP contribution in [-0.4, -0.2) is 16.6 Å². The quantitative estimate of drug-likeness (QED) is 0.829. The Kier molecular flexibility index (Phi) is 3.19. The van der Waals surface area contributed by atoms with E-state index in [2.05, 4.69) is 23.2 Å². The molecule has 3 heteroatoms. The largest absolute Gasteiger partial charge is 0.353 e. The fourth-order valence-corrected chi connectivity index (χ4v) is 2.50. The van der Waals surface area contributed by atoms with E-state index in [4.69, 9.17) is 5.73 Å². The predicted molar refractivity (Wildman–Crippen MR) is 62.7 cm³/mol. The van der Waals surface area contributed by atoms with E-state index in [1.807, 2.05) is 11.8 Å². The first-order chi connectivity index (χ1) is 6.81. The fraction of sp³-hybridized carbons (Fsp3) is 0.636. The van der Waals surface area contributed by atoms with E-state index < -0.39 is 0 Å². The lowest BCUT2D eigenvalue weighted by molar-refractivity contribution is 0.573. The zero-order valence-electron chi connectivity index (χ0n) is 8.70. The van der Waals surface area contributed by atoms with Crippen LogP contribution in [0.1, 0.15) is 30.0 Å². The summed E-state index contributed by atoms with van der Waals surface area (Å²) in [5.74, 6) is 1.18. The first kappa shape index (κ1) is 10.1. The molecule has 0 aliphatic heterocycles. The maximum absolute atomic E-state index is 6.07. The van der Waals surface area contributed by atoms with Gasteiger partial charge in [0.2, 0.25) is 0 Å². The van der Waals surface area contributed by atoms with Crippen molar-refractivity contribution in [2.75, 3.05) is 12.0 Å². The standard InChI is InChI=1S/C11H18N2S/c1-14-6-5-13-7-9-3-2-4-11(12)10(9)8-13/h7-8,11H,2-6,12H2,1H3. The number of aryl methyl sites for hydroxylation is 2. The van der Waals surface area contributed by atoms with Crippen LogP contribution in [0.4, 0.5) is 0 Å². The smallest absolute Gasteiger partial charge is 0.0312 e. The van der Waals surface area contributed by atoms with Gasteiger partial charge >= 0.3 is 0 Å². The molecule has 0 amide bonds. The summed E-state index contributed by atoms with van der Waals surface area (Å²) in [6.07, 6.45) is 10.3. The summed E-state index contributed by atoms with van der Waals surface area (Å²) in [6, 6.07) is 0.286. The van der Waals surface area contributed by atoms with Crippen LogP contribution in [0.5, 0.6) is 0 Å². The highest BCUT2D eigenvalue weighted by Gasteiger charge is 2.18. The van der Waals surface area contributed by atoms with E-state index in [0.717, 1.165) is 13.0 Å². The van der Waals surface area contributed by atoms with Crippen molar-refractivity contribution in [2.45, 2.75) is 31.8 Å². The summed E-state index contributed by atoms with van der Waals surface area (Å²) in [5.41, 5.74) is 8.93. The van der Waals surface area contributed by atoms with Gasteiger partial charge in [0.25, 0.3) is 0 Å². The number of nitrogens with zero attached hydrogens (tertiary/aromatic N) is 1. The molecule has 1 heterocycles. The molecule has 2 N–H and O–H groups in total. The Bertz CT molecular complexity index is 306. The van der Waals surface area contributed by atoms with Gasteiger partial charge in [0.15, 0.2) is 0 Å². The summed E-state index contributed by atoms with van der Waals surface area (Å²) >= 11 is 1.89. The molecular formula is C11H18N2S. The number of fused-ring (bicyclic) bond motifs is 1. The molecule has 2 nitrogen and oxygen atoms in total. The first-order valence-corrected chi connectivity index (χ1v) is 6.63. The normalized spacial score (nSPS) is 20.9. The van der Waals surface area contributed by atoms with Crippen LogP contribution in [0, 0.1) is 0 Å². The molecule has 1 aliphatic carbocycles. The van der Waals surface area contributed by atoms with Crippen molar-refractivity contribution in [1.82, 2.24) is 4.57 Å². The Morgan fingerprint density at radius 2 is 2.43 bits per heavy atom. The number of thioether (sulfide) groups is 1. The van der Waals surface area contributed by atoms with Gasteiger partial charge in [-0.2, -0.15) is 11.8 Å². The Morgan fingerprint density at radius 1 is 1.57 bits per heavy atom. The highest BCUT2D eigenvalue weighted by molar-refractivity contribution is 7.98. The van der Waals surface area contributed by atoms with Crippen LogP contribution in [-0.2, 0) is 13.0 Å². The summed E-state index contributed by atoms with van der Waals surface area (Å²) in [5, 5.41) is 0. The molecule has 14 heavy (non-hydrogen) atoms. The third-order valence-electron chi connectivity index (χ3n) is 2.91. The van der Waals surface area contributed by atoms with Crippen LogP contribution < -0.4 is 5.73 Å². The number of aromatic nitrogens is 1. The second-order valence-electron chi connectivity index (χ2n) is 3.97. The van der Waals surface area contributed by atoms with Gasteiger partial charge in [0.05, 0.1) is 0 Å². The maximum atomic E-state index is 6.07. The molecule has 78 valence electrons. The van der Waals surface area contributed by atoms with E-state index in [1.165, 1.54) is 29.7 Å². The lowest BCUT2D eigenvalue weighted by Crippen LogP contribution is -2.15. The Labute approximate surface area is 89.9 Å². The minimum absolute atomic E-state index is 0.286. The number of rotatable bonds is 3. The van der Waals surface area contributed by atoms with Gasteiger partial charge in [-0.25, -0.2) is 0 Å². The van der Waals surface area contributed by atoms with Crippen molar-refractivity contribution in [2.24, 2.45) is 5.73 Å². The van der Waals surface area contributed by atoms with Crippen LogP contribution in [0.25, 0.3) is 0 Å². The van der Waals surface area contributed by atoms with Crippen molar-refractivity contribution in [1.29, 1.82) is 0 Å². The van der Waals surface area contributed by atoms with E-state index in [-0.39, 0.29) is 6.04 Å². The van der Waals surface area contributed by atoms with Crippen molar-refractivity contribution in [3.8, 4) is 0 Å². The molecule has 0 bridgehead atoms. The Hall–Kier alpha value is -0.410. The first-order valence-electron chi connectivity index (χ1n) is 5.24. The average molecular weight is 210 g/mol. The maximum Gasteiger partial charge on any atom is 0.0312 e. The molecule has 0 saturated heterocycles. The molecule has 0 radical (unpaired) electrons. The fourth-order valence-electron chi connectivity index (χ4n) is 2.11. The number of hydrogen-bond acceptors (Lipinski definition) is 2. The third-order valence-corrected chi connectivity index (χ3v) is 3.50. The molecule has 0 saturated carbocycles. The van der Waals surface area contributed by atoms with Gasteiger partial charge in [-0.3, -0.25) is 0 Å². The van der Waals surface area contributed by atoms with Crippen LogP contribution >= 0.6 is 11.8 Å². The van der Waals surface area contributed by atoms with E-state index in [9.17, 15) is 0 Å². The predicted octanol–water partition coefficient (Wildman–Crippen LogP) is 2.19. The van der Waals surface area contributed by atoms with Crippen LogP contribution in [0.3, 0.4) is 0 Å². The van der Waals surface area contributed by atoms with Crippen LogP contribution in [0.2, 0.25) is 0 Å². The molecule has 1 unspecified atom stereocenters. The Balaban J connectivity index is 2.13. The molecule has 1 aromatic rings. The minimum atomic E-state index is 0.286. The van der Waals surface area contributed by atoms with Crippen LogP contribution in [0.15, 0.2) is 12.4 Å². The van der Waals surface area contributed by atoms with Crippen molar-refractivity contribution in [3.05, 3.63) is 23.5 Å². The monoisotopic (exact) mass is 210 g/mol. The van der Waals surface area contributed by atoms with Gasteiger partial charge in [-0.05, 0) is 36.6 Å². The molecule has 1 aliphatic rings. The Morgan fingerprint density at radius 3 is 3.14 bits per heavy atom. The second kappa shape index (κ2) is 4.41. The van der Waals surface area contributed by atoms with E-state index in [0.29, 0.717) is 0 Å². The topological polar surface area (TPSA) is 30.9 Å². The minimum Gasteiger partial charge on any atom is -0.353 e. The third kappa shape index (κ3) is 1.98. The van der Waals surface area contributed by atoms with Gasteiger partial charge in [-0.15, -0.1) is 0 Å². The molecule has 2 rings (SSSR count). The van der Waals surface area contributed by atoms with E-state index >= 15 is 0 Å². The summed E-state index contributed by atoms with van der Waals surface area (Å²) in [7, 11) is 0. The van der Waals surface area contributed by atoms with Crippen molar-refractivity contribution < 1.29 is 0 Å². The van der Waals surface area contributed by atoms with Gasteiger partial charge < -0.3 is 10.3 Å². The molecule has 1 atom stereocenters. The summed E-state index contributed by atoms with van der Waals surface area (Å²) < 4.78 is 2.30. The zero-order chi connectivity index (χ0) is 9.97. The van der Waals surface area contributed by atoms with Gasteiger partial charge in [0.1, 0.15) is 0 Å². The molecule has 0 fully saturated rings. The zero-order valence-corrected chi connectivity index (χ0v) is 9.52. The average Bonchev–Trinajstić information content (AvgIpc) is 2.59.